The second-order valence-corrected chi connectivity index (χ2v) is 3.34. The van der Waals surface area contributed by atoms with Crippen molar-refractivity contribution < 1.29 is 0 Å². The molecule has 0 bridgehead atoms. The second-order valence-electron chi connectivity index (χ2n) is 2.42. The molecule has 0 spiro atoms. The second kappa shape index (κ2) is 3.65. The molecule has 1 radical (unpaired) electrons. The highest BCUT2D eigenvalue weighted by Crippen LogP contribution is 1.91. The fourth-order valence-corrected chi connectivity index (χ4v) is 1.41. The molecule has 1 saturated heterocycles. The highest BCUT2D eigenvalue weighted by molar-refractivity contribution is 9.24. The van der Waals surface area contributed by atoms with Crippen molar-refractivity contribution in [1.29, 1.82) is 0 Å². The maximum Gasteiger partial charge on any atom is 0.415 e. The van der Waals surface area contributed by atoms with Crippen LogP contribution in [0.2, 0.25) is 0 Å². The van der Waals surface area contributed by atoms with Crippen LogP contribution in [0.4, 0.5) is 0 Å². The van der Waals surface area contributed by atoms with E-state index in [0.717, 1.165) is 0 Å². The number of aromatic nitrogens is 2. The molecule has 2 rings (SSSR count). The van der Waals surface area contributed by atoms with Gasteiger partial charge in [-0.25, -0.2) is 4.98 Å². The molecule has 0 aliphatic carbocycles. The molecule has 1 fully saturated rings. The van der Waals surface area contributed by atoms with E-state index >= 15 is 0 Å². The summed E-state index contributed by atoms with van der Waals surface area (Å²) in [6.07, 6.45) is 5.39. The first kappa shape index (κ1) is 8.37. The van der Waals surface area contributed by atoms with Crippen LogP contribution in [0.25, 0.3) is 0 Å². The van der Waals surface area contributed by atoms with Gasteiger partial charge in [-0.15, -0.1) is 15.8 Å². The molecule has 0 amide bonds. The van der Waals surface area contributed by atoms with Crippen LogP contribution in [0.1, 0.15) is 0 Å². The number of halogens is 1. The minimum atomic E-state index is 0.0538. The summed E-state index contributed by atoms with van der Waals surface area (Å²) >= 11 is 3.39. The van der Waals surface area contributed by atoms with Crippen molar-refractivity contribution in [1.82, 2.24) is 24.9 Å². The molecule has 0 aromatic carbocycles. The van der Waals surface area contributed by atoms with Crippen molar-refractivity contribution in [2.24, 2.45) is 0 Å². The average molecular weight is 224 g/mol. The third-order valence-corrected chi connectivity index (χ3v) is 2.13. The van der Waals surface area contributed by atoms with Gasteiger partial charge in [-0.05, 0) is 0 Å². The summed E-state index contributed by atoms with van der Waals surface area (Å²) in [5.74, 6) is 0.0890. The highest BCUT2D eigenvalue weighted by Gasteiger charge is 2.27. The number of hydrogen-bond donors (Lipinski definition) is 3. The van der Waals surface area contributed by atoms with Crippen molar-refractivity contribution in [2.75, 3.05) is 0 Å². The minimum Gasteiger partial charge on any atom is -0.365 e. The third kappa shape index (κ3) is 1.74. The zero-order valence-corrected chi connectivity index (χ0v) is 7.82. The normalized spacial score (nSPS) is 17.8. The first-order chi connectivity index (χ1) is 5.86. The van der Waals surface area contributed by atoms with E-state index in [1.807, 2.05) is 10.7 Å². The molecule has 1 aliphatic heterocycles. The lowest BCUT2D eigenvalue weighted by Crippen LogP contribution is -2.70. The predicted octanol–water partition coefficient (Wildman–Crippen LogP) is -1.59. The van der Waals surface area contributed by atoms with E-state index in [4.69, 9.17) is 0 Å². The topological polar surface area (TPSA) is 53.9 Å². The van der Waals surface area contributed by atoms with Gasteiger partial charge in [0.15, 0.2) is 0 Å². The van der Waals surface area contributed by atoms with Crippen LogP contribution in [0.5, 0.6) is 0 Å². The number of hydrogen-bond acceptors (Lipinski definition) is 4. The van der Waals surface area contributed by atoms with Gasteiger partial charge < -0.3 is 19.9 Å². The lowest BCUT2D eigenvalue weighted by atomic mass is 9.75. The Morgan fingerprint density at radius 3 is 3.08 bits per heavy atom. The Labute approximate surface area is 80.2 Å². The number of nitrogens with zero attached hydrogens (tertiary/aromatic N) is 2. The fourth-order valence-electron chi connectivity index (χ4n) is 1.03. The van der Waals surface area contributed by atoms with Gasteiger partial charge in [0.05, 0.1) is 6.33 Å². The summed E-state index contributed by atoms with van der Waals surface area (Å²) in [6, 6.07) is 0. The molecule has 12 heavy (non-hydrogen) atoms. The van der Waals surface area contributed by atoms with E-state index in [9.17, 15) is 0 Å². The molecule has 2 heterocycles. The Bertz CT molecular complexity index is 242. The van der Waals surface area contributed by atoms with Crippen molar-refractivity contribution in [2.45, 2.75) is 0 Å². The molecule has 3 N–H and O–H groups in total. The molecule has 1 aromatic rings. The Hall–Kier alpha value is -0.235. The Balaban J connectivity index is 2.04. The van der Waals surface area contributed by atoms with Crippen molar-refractivity contribution in [3.05, 3.63) is 18.7 Å². The maximum absolute atomic E-state index is 3.96. The molecule has 5 nitrogen and oxygen atoms in total. The van der Waals surface area contributed by atoms with Gasteiger partial charge in [0, 0.05) is 12.4 Å². The third-order valence-electron chi connectivity index (χ3n) is 1.60. The summed E-state index contributed by atoms with van der Waals surface area (Å²) in [4.78, 5) is 3.96. The fraction of sp³-hybridized carbons (Fsp3) is 0. The van der Waals surface area contributed by atoms with E-state index < -0.39 is 0 Å². The monoisotopic (exact) mass is 224 g/mol. The maximum atomic E-state index is 3.96. The Morgan fingerprint density at radius 1 is 1.50 bits per heavy atom. The first-order valence-electron chi connectivity index (χ1n) is 3.57. The summed E-state index contributed by atoms with van der Waals surface area (Å²) in [5.41, 5.74) is 0. The van der Waals surface area contributed by atoms with Gasteiger partial charge in [0.1, 0.15) is 0 Å². The largest absolute Gasteiger partial charge is 0.415 e. The highest BCUT2D eigenvalue weighted by atomic mass is 79.9. The summed E-state index contributed by atoms with van der Waals surface area (Å²) in [5, 5.41) is 9.31. The lowest BCUT2D eigenvalue weighted by Gasteiger charge is -2.24. The molecular weight excluding hydrogens is 218 g/mol. The zero-order valence-electron chi connectivity index (χ0n) is 6.24. The Morgan fingerprint density at radius 2 is 2.42 bits per heavy atom. The summed E-state index contributed by atoms with van der Waals surface area (Å²) in [7, 11) is 1.85. The van der Waals surface area contributed by atoms with E-state index in [1.165, 1.54) is 0 Å². The van der Waals surface area contributed by atoms with Gasteiger partial charge >= 0.3 is 12.9 Å². The van der Waals surface area contributed by atoms with Gasteiger partial charge in [-0.2, -0.15) is 0 Å². The van der Waals surface area contributed by atoms with Crippen LogP contribution < -0.4 is 15.4 Å². The van der Waals surface area contributed by atoms with Gasteiger partial charge in [0.2, 0.25) is 0 Å². The Kier molecular flexibility index (Phi) is 2.55. The summed E-state index contributed by atoms with van der Waals surface area (Å²) < 4.78 is 1.94. The zero-order chi connectivity index (χ0) is 8.39. The smallest absolute Gasteiger partial charge is 0.365 e. The van der Waals surface area contributed by atoms with Crippen LogP contribution in [0, 0.1) is 0 Å². The SMILES string of the molecule is BrB1N[B]NB(n2ccnc2)N1. The molecule has 59 valence electrons. The molecule has 1 aliphatic rings. The van der Waals surface area contributed by atoms with E-state index in [1.54, 1.807) is 20.1 Å². The van der Waals surface area contributed by atoms with Crippen molar-refractivity contribution in [3.63, 3.8) is 0 Å². The van der Waals surface area contributed by atoms with Gasteiger partial charge in [-0.3, -0.25) is 0 Å². The number of imidazole rings is 1. The van der Waals surface area contributed by atoms with Crippen molar-refractivity contribution >= 4 is 36.2 Å². The molecule has 0 saturated carbocycles. The van der Waals surface area contributed by atoms with Crippen LogP contribution in [-0.2, 0) is 0 Å². The van der Waals surface area contributed by atoms with E-state index in [0.29, 0.717) is 0 Å². The van der Waals surface area contributed by atoms with Crippen LogP contribution in [0.3, 0.4) is 0 Å². The van der Waals surface area contributed by atoms with Crippen molar-refractivity contribution in [3.8, 4) is 0 Å². The van der Waals surface area contributed by atoms with Crippen LogP contribution in [0.15, 0.2) is 18.7 Å². The lowest BCUT2D eigenvalue weighted by molar-refractivity contribution is 1.05. The number of nitrogens with one attached hydrogen (secondary N) is 3. The van der Waals surface area contributed by atoms with E-state index in [2.05, 4.69) is 36.2 Å². The first-order valence-corrected chi connectivity index (χ1v) is 4.49. The molecule has 1 aromatic heterocycles. The summed E-state index contributed by atoms with van der Waals surface area (Å²) in [6.45, 7) is 0. The van der Waals surface area contributed by atoms with Crippen LogP contribution in [-0.4, -0.2) is 29.9 Å². The van der Waals surface area contributed by atoms with E-state index in [-0.39, 0.29) is 12.9 Å². The predicted molar refractivity (Wildman–Crippen MR) is 53.2 cm³/mol. The van der Waals surface area contributed by atoms with Crippen LogP contribution >= 0.6 is 15.8 Å². The standard InChI is InChI=1S/C3H6B3BrN5/c7-5-9-4-10-6(11-5)12-2-1-8-3-12/h1-3,9-11H. The number of rotatable bonds is 1. The molecule has 0 unspecified atom stereocenters. The van der Waals surface area contributed by atoms with Gasteiger partial charge in [0.25, 0.3) is 7.55 Å². The minimum absolute atomic E-state index is 0.0538. The molecule has 9 heteroatoms. The molecule has 0 atom stereocenters. The average Bonchev–Trinajstić information content (AvgIpc) is 2.56. The molecular formula is C3H6B3BrN5. The van der Waals surface area contributed by atoms with Gasteiger partial charge in [-0.1, -0.05) is 0 Å². The quantitative estimate of drug-likeness (QED) is 0.504.